The molecular formula is C7H13ClN2O2S. The third kappa shape index (κ3) is 3.17. The fraction of sp³-hybridized carbons (Fsp3) is 0.714. The highest BCUT2D eigenvalue weighted by Crippen LogP contribution is 2.18. The van der Waals surface area contributed by atoms with Crippen LogP contribution in [0, 0.1) is 0 Å². The van der Waals surface area contributed by atoms with Gasteiger partial charge in [-0.15, -0.1) is 12.4 Å². The first-order valence-electron chi connectivity index (χ1n) is 3.87. The number of imide groups is 1. The molecule has 2 amide bonds. The van der Waals surface area contributed by atoms with Crippen LogP contribution < -0.4 is 5.73 Å². The lowest BCUT2D eigenvalue weighted by Crippen LogP contribution is -2.39. The van der Waals surface area contributed by atoms with Gasteiger partial charge < -0.3 is 5.73 Å². The van der Waals surface area contributed by atoms with Crippen molar-refractivity contribution in [1.82, 2.24) is 4.90 Å². The summed E-state index contributed by atoms with van der Waals surface area (Å²) in [5, 5.41) is -0.163. The van der Waals surface area contributed by atoms with Crippen LogP contribution in [0.25, 0.3) is 0 Å². The maximum atomic E-state index is 11.1. The van der Waals surface area contributed by atoms with Crippen molar-refractivity contribution >= 4 is 35.3 Å². The maximum Gasteiger partial charge on any atom is 0.288 e. The van der Waals surface area contributed by atoms with Crippen molar-refractivity contribution in [3.63, 3.8) is 0 Å². The van der Waals surface area contributed by atoms with E-state index in [-0.39, 0.29) is 35.3 Å². The van der Waals surface area contributed by atoms with E-state index >= 15 is 0 Å². The molecule has 0 aromatic heterocycles. The van der Waals surface area contributed by atoms with Gasteiger partial charge in [-0.1, -0.05) is 18.7 Å². The van der Waals surface area contributed by atoms with Crippen molar-refractivity contribution in [3.8, 4) is 0 Å². The molecule has 0 radical (unpaired) electrons. The van der Waals surface area contributed by atoms with Gasteiger partial charge in [0.15, 0.2) is 0 Å². The van der Waals surface area contributed by atoms with E-state index in [0.29, 0.717) is 6.54 Å². The van der Waals surface area contributed by atoms with Crippen LogP contribution in [0.1, 0.15) is 13.3 Å². The molecule has 1 rings (SSSR count). The molecule has 1 fully saturated rings. The third-order valence-corrected chi connectivity index (χ3v) is 2.64. The van der Waals surface area contributed by atoms with Gasteiger partial charge in [-0.25, -0.2) is 0 Å². The zero-order chi connectivity index (χ0) is 9.14. The Bertz CT molecular complexity index is 197. The van der Waals surface area contributed by atoms with Gasteiger partial charge in [0.05, 0.1) is 5.75 Å². The second-order valence-corrected chi connectivity index (χ2v) is 3.65. The molecule has 1 aliphatic heterocycles. The van der Waals surface area contributed by atoms with E-state index in [1.54, 1.807) is 0 Å². The molecule has 6 heteroatoms. The van der Waals surface area contributed by atoms with E-state index in [9.17, 15) is 9.59 Å². The van der Waals surface area contributed by atoms with Gasteiger partial charge in [-0.3, -0.25) is 14.5 Å². The lowest BCUT2D eigenvalue weighted by atomic mass is 10.2. The van der Waals surface area contributed by atoms with Gasteiger partial charge in [0.1, 0.15) is 0 Å². The molecule has 2 N–H and O–H groups in total. The Labute approximate surface area is 87.6 Å². The summed E-state index contributed by atoms with van der Waals surface area (Å²) in [7, 11) is 0. The number of nitrogens with two attached hydrogens (primary N) is 1. The van der Waals surface area contributed by atoms with Crippen molar-refractivity contribution in [2.45, 2.75) is 19.4 Å². The van der Waals surface area contributed by atoms with E-state index < -0.39 is 0 Å². The highest BCUT2D eigenvalue weighted by atomic mass is 35.5. The minimum atomic E-state index is -0.163. The fourth-order valence-corrected chi connectivity index (χ4v) is 1.66. The first kappa shape index (κ1) is 12.7. The quantitative estimate of drug-likeness (QED) is 0.772. The Morgan fingerprint density at radius 2 is 2.23 bits per heavy atom. The number of carbonyl (C=O) groups is 2. The van der Waals surface area contributed by atoms with Crippen LogP contribution in [0.2, 0.25) is 0 Å². The first-order chi connectivity index (χ1) is 5.65. The molecule has 1 saturated heterocycles. The Morgan fingerprint density at radius 1 is 1.62 bits per heavy atom. The topological polar surface area (TPSA) is 63.4 Å². The molecule has 0 aromatic rings. The summed E-state index contributed by atoms with van der Waals surface area (Å²) in [5.41, 5.74) is 5.62. The number of thioether (sulfide) groups is 1. The van der Waals surface area contributed by atoms with Gasteiger partial charge in [0.2, 0.25) is 5.91 Å². The monoisotopic (exact) mass is 224 g/mol. The second-order valence-electron chi connectivity index (χ2n) is 2.73. The van der Waals surface area contributed by atoms with Crippen molar-refractivity contribution in [3.05, 3.63) is 0 Å². The van der Waals surface area contributed by atoms with Gasteiger partial charge in [-0.2, -0.15) is 0 Å². The first-order valence-corrected chi connectivity index (χ1v) is 4.86. The van der Waals surface area contributed by atoms with Gasteiger partial charge >= 0.3 is 0 Å². The average Bonchev–Trinajstić information content (AvgIpc) is 2.35. The number of nitrogens with zero attached hydrogens (tertiary/aromatic N) is 1. The summed E-state index contributed by atoms with van der Waals surface area (Å²) in [6.45, 7) is 2.30. The van der Waals surface area contributed by atoms with E-state index in [0.717, 1.165) is 18.2 Å². The molecular weight excluding hydrogens is 212 g/mol. The molecule has 1 atom stereocenters. The highest BCUT2D eigenvalue weighted by Gasteiger charge is 2.30. The molecule has 4 nitrogen and oxygen atoms in total. The standard InChI is InChI=1S/C7H12N2O2S.ClH/c1-2-5(8)3-9-6(10)4-12-7(9)11;/h5H,2-4,8H2,1H3;1H. The summed E-state index contributed by atoms with van der Waals surface area (Å²) in [4.78, 5) is 23.3. The minimum Gasteiger partial charge on any atom is -0.326 e. The number of hydrogen-bond donors (Lipinski definition) is 1. The highest BCUT2D eigenvalue weighted by molar-refractivity contribution is 8.14. The number of amides is 2. The van der Waals surface area contributed by atoms with E-state index in [1.165, 1.54) is 4.90 Å². The van der Waals surface area contributed by atoms with Gasteiger partial charge in [0, 0.05) is 12.6 Å². The Balaban J connectivity index is 0.00000144. The van der Waals surface area contributed by atoms with Crippen LogP contribution >= 0.6 is 24.2 Å². The molecule has 0 spiro atoms. The third-order valence-electron chi connectivity index (χ3n) is 1.78. The van der Waals surface area contributed by atoms with Gasteiger partial charge in [0.25, 0.3) is 5.24 Å². The van der Waals surface area contributed by atoms with Crippen LogP contribution in [0.5, 0.6) is 0 Å². The molecule has 1 unspecified atom stereocenters. The van der Waals surface area contributed by atoms with Crippen molar-refractivity contribution < 1.29 is 9.59 Å². The largest absolute Gasteiger partial charge is 0.326 e. The molecule has 0 bridgehead atoms. The average molecular weight is 225 g/mol. The van der Waals surface area contributed by atoms with E-state index in [4.69, 9.17) is 5.73 Å². The maximum absolute atomic E-state index is 11.1. The number of rotatable bonds is 3. The summed E-state index contributed by atoms with van der Waals surface area (Å²) in [6, 6.07) is -0.0865. The van der Waals surface area contributed by atoms with Crippen LogP contribution in [0.3, 0.4) is 0 Å². The number of halogens is 1. The number of hydrogen-bond acceptors (Lipinski definition) is 4. The van der Waals surface area contributed by atoms with Gasteiger partial charge in [-0.05, 0) is 6.42 Å². The second kappa shape index (κ2) is 5.47. The minimum absolute atomic E-state index is 0. The summed E-state index contributed by atoms with van der Waals surface area (Å²) in [5.74, 6) is 0.156. The Kier molecular flexibility index (Phi) is 5.36. The molecule has 0 aromatic carbocycles. The lowest BCUT2D eigenvalue weighted by Gasteiger charge is -2.16. The molecule has 13 heavy (non-hydrogen) atoms. The zero-order valence-electron chi connectivity index (χ0n) is 7.36. The predicted molar refractivity (Wildman–Crippen MR) is 55.1 cm³/mol. The molecule has 1 heterocycles. The normalized spacial score (nSPS) is 18.8. The Morgan fingerprint density at radius 3 is 2.62 bits per heavy atom. The lowest BCUT2D eigenvalue weighted by molar-refractivity contribution is -0.124. The molecule has 1 aliphatic rings. The number of carbonyl (C=O) groups excluding carboxylic acids is 2. The Hall–Kier alpha value is -0.260. The molecule has 0 saturated carbocycles. The van der Waals surface area contributed by atoms with E-state index in [2.05, 4.69) is 0 Å². The van der Waals surface area contributed by atoms with E-state index in [1.807, 2.05) is 6.92 Å². The zero-order valence-corrected chi connectivity index (χ0v) is 8.99. The van der Waals surface area contributed by atoms with Crippen molar-refractivity contribution in [2.75, 3.05) is 12.3 Å². The summed E-state index contributed by atoms with van der Waals surface area (Å²) in [6.07, 6.45) is 0.779. The van der Waals surface area contributed by atoms with Crippen LogP contribution in [0.4, 0.5) is 4.79 Å². The fourth-order valence-electron chi connectivity index (χ4n) is 0.921. The SMILES string of the molecule is CCC(N)CN1C(=O)CSC1=O.Cl. The smallest absolute Gasteiger partial charge is 0.288 e. The van der Waals surface area contributed by atoms with Crippen molar-refractivity contribution in [2.24, 2.45) is 5.73 Å². The molecule has 76 valence electrons. The van der Waals surface area contributed by atoms with Crippen molar-refractivity contribution in [1.29, 1.82) is 0 Å². The summed E-state index contributed by atoms with van der Waals surface area (Å²) < 4.78 is 0. The van der Waals surface area contributed by atoms with Crippen LogP contribution in [-0.4, -0.2) is 34.4 Å². The van der Waals surface area contributed by atoms with Crippen LogP contribution in [-0.2, 0) is 4.79 Å². The molecule has 0 aliphatic carbocycles. The predicted octanol–water partition coefficient (Wildman–Crippen LogP) is 0.841. The summed E-state index contributed by atoms with van der Waals surface area (Å²) >= 11 is 1.05. The van der Waals surface area contributed by atoms with Crippen LogP contribution in [0.15, 0.2) is 0 Å².